The van der Waals surface area contributed by atoms with Crippen molar-refractivity contribution in [1.82, 2.24) is 10.2 Å². The summed E-state index contributed by atoms with van der Waals surface area (Å²) in [6.07, 6.45) is 3.99. The van der Waals surface area contributed by atoms with Crippen molar-refractivity contribution in [2.75, 3.05) is 19.6 Å². The van der Waals surface area contributed by atoms with Gasteiger partial charge in [0.1, 0.15) is 0 Å². The van der Waals surface area contributed by atoms with Gasteiger partial charge in [-0.2, -0.15) is 0 Å². The Kier molecular flexibility index (Phi) is 5.97. The van der Waals surface area contributed by atoms with Crippen LogP contribution in [0.25, 0.3) is 0 Å². The van der Waals surface area contributed by atoms with E-state index in [0.717, 1.165) is 25.9 Å². The van der Waals surface area contributed by atoms with Crippen molar-refractivity contribution in [2.24, 2.45) is 0 Å². The molecule has 1 amide bonds. The van der Waals surface area contributed by atoms with Gasteiger partial charge in [0, 0.05) is 32.1 Å². The Hall–Kier alpha value is -1.10. The van der Waals surface area contributed by atoms with Crippen LogP contribution >= 0.6 is 0 Å². The summed E-state index contributed by atoms with van der Waals surface area (Å²) in [6.45, 7) is 4.14. The van der Waals surface area contributed by atoms with E-state index in [1.807, 2.05) is 11.8 Å². The van der Waals surface area contributed by atoms with E-state index in [0.29, 0.717) is 13.0 Å². The Morgan fingerprint density at radius 1 is 1.29 bits per heavy atom. The third-order valence-electron chi connectivity index (χ3n) is 3.02. The molecule has 1 saturated heterocycles. The van der Waals surface area contributed by atoms with Crippen molar-refractivity contribution in [3.8, 4) is 0 Å². The van der Waals surface area contributed by atoms with Crippen LogP contribution < -0.4 is 5.32 Å². The van der Waals surface area contributed by atoms with E-state index in [1.165, 1.54) is 6.42 Å². The lowest BCUT2D eigenvalue weighted by Gasteiger charge is -2.27. The van der Waals surface area contributed by atoms with Gasteiger partial charge in [-0.25, -0.2) is 0 Å². The maximum absolute atomic E-state index is 11.8. The monoisotopic (exact) mass is 242 g/mol. The van der Waals surface area contributed by atoms with Gasteiger partial charge < -0.3 is 15.3 Å². The molecule has 98 valence electrons. The predicted octanol–water partition coefficient (Wildman–Crippen LogP) is 0.842. The highest BCUT2D eigenvalue weighted by atomic mass is 16.4. The number of carboxylic acid groups (broad SMARTS) is 1. The molecule has 0 spiro atoms. The molecule has 0 aromatic carbocycles. The first-order valence-corrected chi connectivity index (χ1v) is 6.32. The average Bonchev–Trinajstić information content (AvgIpc) is 2.29. The Bertz CT molecular complexity index is 262. The number of carbonyl (C=O) groups excluding carboxylic acids is 1. The standard InChI is InChI=1S/C12H22N2O3/c1-10(9-12(16)17)13-6-5-11(15)14-7-3-2-4-8-14/h10,13H,2-9H2,1H3,(H,16,17). The van der Waals surface area contributed by atoms with Gasteiger partial charge in [-0.05, 0) is 26.2 Å². The summed E-state index contributed by atoms with van der Waals surface area (Å²) in [5.41, 5.74) is 0. The molecule has 17 heavy (non-hydrogen) atoms. The summed E-state index contributed by atoms with van der Waals surface area (Å²) in [5, 5.41) is 11.6. The Balaban J connectivity index is 2.12. The van der Waals surface area contributed by atoms with Gasteiger partial charge in [0.15, 0.2) is 0 Å². The molecule has 1 atom stereocenters. The van der Waals surface area contributed by atoms with Crippen molar-refractivity contribution in [2.45, 2.75) is 45.1 Å². The van der Waals surface area contributed by atoms with Gasteiger partial charge in [-0.3, -0.25) is 9.59 Å². The second-order valence-corrected chi connectivity index (χ2v) is 4.64. The summed E-state index contributed by atoms with van der Waals surface area (Å²) in [6, 6.07) is -0.0818. The van der Waals surface area contributed by atoms with Crippen LogP contribution in [0.15, 0.2) is 0 Å². The number of carbonyl (C=O) groups is 2. The van der Waals surface area contributed by atoms with Crippen molar-refractivity contribution < 1.29 is 14.7 Å². The van der Waals surface area contributed by atoms with Gasteiger partial charge in [0.2, 0.25) is 5.91 Å². The maximum atomic E-state index is 11.8. The topological polar surface area (TPSA) is 69.6 Å². The SMILES string of the molecule is CC(CC(=O)O)NCCC(=O)N1CCCCC1. The van der Waals surface area contributed by atoms with Gasteiger partial charge in [0.05, 0.1) is 6.42 Å². The van der Waals surface area contributed by atoms with Crippen LogP contribution in [0.1, 0.15) is 39.0 Å². The minimum Gasteiger partial charge on any atom is -0.481 e. The van der Waals surface area contributed by atoms with Crippen LogP contribution in [0, 0.1) is 0 Å². The lowest BCUT2D eigenvalue weighted by atomic mass is 10.1. The van der Waals surface area contributed by atoms with E-state index in [-0.39, 0.29) is 18.4 Å². The lowest BCUT2D eigenvalue weighted by Crippen LogP contribution is -2.38. The van der Waals surface area contributed by atoms with Gasteiger partial charge >= 0.3 is 5.97 Å². The molecular formula is C12H22N2O3. The molecule has 0 radical (unpaired) electrons. The highest BCUT2D eigenvalue weighted by Crippen LogP contribution is 2.09. The number of aliphatic carboxylic acids is 1. The zero-order chi connectivity index (χ0) is 12.7. The van der Waals surface area contributed by atoms with Crippen molar-refractivity contribution in [3.05, 3.63) is 0 Å². The number of hydrogen-bond acceptors (Lipinski definition) is 3. The number of piperidine rings is 1. The quantitative estimate of drug-likeness (QED) is 0.724. The number of carboxylic acids is 1. The Labute approximate surface area is 102 Å². The van der Waals surface area contributed by atoms with E-state index in [9.17, 15) is 9.59 Å². The van der Waals surface area contributed by atoms with Gasteiger partial charge in [-0.15, -0.1) is 0 Å². The van der Waals surface area contributed by atoms with Gasteiger partial charge in [0.25, 0.3) is 0 Å². The summed E-state index contributed by atoms with van der Waals surface area (Å²) >= 11 is 0. The van der Waals surface area contributed by atoms with Crippen molar-refractivity contribution >= 4 is 11.9 Å². The molecule has 1 aliphatic rings. The largest absolute Gasteiger partial charge is 0.481 e. The highest BCUT2D eigenvalue weighted by molar-refractivity contribution is 5.76. The number of nitrogens with zero attached hydrogens (tertiary/aromatic N) is 1. The third-order valence-corrected chi connectivity index (χ3v) is 3.02. The smallest absolute Gasteiger partial charge is 0.304 e. The first-order chi connectivity index (χ1) is 8.09. The number of likely N-dealkylation sites (tertiary alicyclic amines) is 1. The molecule has 1 unspecified atom stereocenters. The highest BCUT2D eigenvalue weighted by Gasteiger charge is 2.16. The first-order valence-electron chi connectivity index (χ1n) is 6.32. The average molecular weight is 242 g/mol. The van der Waals surface area contributed by atoms with E-state index in [1.54, 1.807) is 0 Å². The summed E-state index contributed by atoms with van der Waals surface area (Å²) in [7, 11) is 0. The molecule has 0 aromatic rings. The third kappa shape index (κ3) is 5.68. The second-order valence-electron chi connectivity index (χ2n) is 4.64. The van der Waals surface area contributed by atoms with E-state index >= 15 is 0 Å². The van der Waals surface area contributed by atoms with Gasteiger partial charge in [-0.1, -0.05) is 0 Å². The predicted molar refractivity (Wildman–Crippen MR) is 64.8 cm³/mol. The molecule has 0 saturated carbocycles. The molecule has 5 heteroatoms. The van der Waals surface area contributed by atoms with Crippen molar-refractivity contribution in [3.63, 3.8) is 0 Å². The molecule has 1 rings (SSSR count). The fraction of sp³-hybridized carbons (Fsp3) is 0.833. The molecule has 1 fully saturated rings. The minimum atomic E-state index is -0.813. The second kappa shape index (κ2) is 7.27. The summed E-state index contributed by atoms with van der Waals surface area (Å²) in [4.78, 5) is 24.1. The van der Waals surface area contributed by atoms with Crippen LogP contribution in [0.2, 0.25) is 0 Å². The first kappa shape index (κ1) is 14.0. The minimum absolute atomic E-state index is 0.0818. The summed E-state index contributed by atoms with van der Waals surface area (Å²) < 4.78 is 0. The molecular weight excluding hydrogens is 220 g/mol. The Morgan fingerprint density at radius 2 is 1.94 bits per heavy atom. The lowest BCUT2D eigenvalue weighted by molar-refractivity contribution is -0.137. The molecule has 5 nitrogen and oxygen atoms in total. The molecule has 0 aliphatic carbocycles. The van der Waals surface area contributed by atoms with E-state index in [4.69, 9.17) is 5.11 Å². The number of hydrogen-bond donors (Lipinski definition) is 2. The normalized spacial score (nSPS) is 17.8. The Morgan fingerprint density at radius 3 is 2.53 bits per heavy atom. The summed E-state index contributed by atoms with van der Waals surface area (Å²) in [5.74, 6) is -0.632. The molecule has 1 aliphatic heterocycles. The molecule has 0 bridgehead atoms. The van der Waals surface area contributed by atoms with Crippen LogP contribution in [-0.4, -0.2) is 47.6 Å². The number of rotatable bonds is 6. The van der Waals surface area contributed by atoms with Crippen molar-refractivity contribution in [1.29, 1.82) is 0 Å². The van der Waals surface area contributed by atoms with Crippen LogP contribution in [0.5, 0.6) is 0 Å². The zero-order valence-electron chi connectivity index (χ0n) is 10.4. The number of nitrogens with one attached hydrogen (secondary N) is 1. The molecule has 0 aromatic heterocycles. The van der Waals surface area contributed by atoms with Crippen LogP contribution in [0.3, 0.4) is 0 Å². The fourth-order valence-corrected chi connectivity index (χ4v) is 2.06. The maximum Gasteiger partial charge on any atom is 0.304 e. The van der Waals surface area contributed by atoms with Crippen LogP contribution in [0.4, 0.5) is 0 Å². The fourth-order valence-electron chi connectivity index (χ4n) is 2.06. The number of amides is 1. The van der Waals surface area contributed by atoms with E-state index < -0.39 is 5.97 Å². The molecule has 2 N–H and O–H groups in total. The molecule has 1 heterocycles. The van der Waals surface area contributed by atoms with E-state index in [2.05, 4.69) is 5.32 Å². The zero-order valence-corrected chi connectivity index (χ0v) is 10.4. The van der Waals surface area contributed by atoms with Crippen LogP contribution in [-0.2, 0) is 9.59 Å².